The Morgan fingerprint density at radius 1 is 1.29 bits per heavy atom. The second kappa shape index (κ2) is 7.30. The lowest BCUT2D eigenvalue weighted by atomic mass is 9.82. The number of rotatable bonds is 8. The first-order valence-corrected chi connectivity index (χ1v) is 6.25. The fourth-order valence-corrected chi connectivity index (χ4v) is 1.83. The molecule has 0 amide bonds. The van der Waals surface area contributed by atoms with Crippen molar-refractivity contribution in [1.82, 2.24) is 0 Å². The van der Waals surface area contributed by atoms with Gasteiger partial charge in [-0.3, -0.25) is 0 Å². The Hall–Kier alpha value is -1.06. The maximum atomic E-state index is 9.37. The zero-order chi connectivity index (χ0) is 12.6. The third-order valence-corrected chi connectivity index (χ3v) is 3.38. The second-order valence-corrected chi connectivity index (χ2v) is 4.48. The van der Waals surface area contributed by atoms with Gasteiger partial charge in [0.25, 0.3) is 0 Å². The van der Waals surface area contributed by atoms with E-state index in [4.69, 9.17) is 10.5 Å². The number of aliphatic hydroxyl groups excluding tert-OH is 1. The summed E-state index contributed by atoms with van der Waals surface area (Å²) in [5, 5.41) is 9.37. The van der Waals surface area contributed by atoms with Gasteiger partial charge >= 0.3 is 0 Å². The van der Waals surface area contributed by atoms with Crippen molar-refractivity contribution >= 4 is 0 Å². The highest BCUT2D eigenvalue weighted by atomic mass is 16.5. The van der Waals surface area contributed by atoms with Gasteiger partial charge in [0.2, 0.25) is 0 Å². The highest BCUT2D eigenvalue weighted by Gasteiger charge is 2.24. The van der Waals surface area contributed by atoms with Crippen LogP contribution in [0.15, 0.2) is 30.3 Å². The number of benzene rings is 1. The van der Waals surface area contributed by atoms with E-state index in [9.17, 15) is 5.11 Å². The van der Waals surface area contributed by atoms with Gasteiger partial charge in [0.1, 0.15) is 5.75 Å². The van der Waals surface area contributed by atoms with Crippen LogP contribution in [0.25, 0.3) is 0 Å². The topological polar surface area (TPSA) is 55.5 Å². The Morgan fingerprint density at radius 3 is 2.53 bits per heavy atom. The van der Waals surface area contributed by atoms with Gasteiger partial charge in [-0.2, -0.15) is 0 Å². The quantitative estimate of drug-likeness (QED) is 0.681. The van der Waals surface area contributed by atoms with E-state index in [1.807, 2.05) is 30.3 Å². The smallest absolute Gasteiger partial charge is 0.119 e. The zero-order valence-corrected chi connectivity index (χ0v) is 10.6. The summed E-state index contributed by atoms with van der Waals surface area (Å²) in [6.07, 6.45) is 2.73. The molecule has 0 bridgehead atoms. The van der Waals surface area contributed by atoms with E-state index >= 15 is 0 Å². The van der Waals surface area contributed by atoms with Gasteiger partial charge in [0, 0.05) is 18.6 Å². The Balaban J connectivity index is 2.28. The number of hydrogen-bond donors (Lipinski definition) is 2. The minimum absolute atomic E-state index is 0.125. The number of aliphatic hydroxyl groups is 1. The van der Waals surface area contributed by atoms with Crippen molar-refractivity contribution in [3.63, 3.8) is 0 Å². The molecule has 1 atom stereocenters. The zero-order valence-electron chi connectivity index (χ0n) is 10.6. The molecular formula is C14H23NO2. The molecule has 1 rings (SSSR count). The first kappa shape index (κ1) is 14.0. The molecule has 96 valence electrons. The number of hydrogen-bond acceptors (Lipinski definition) is 3. The molecule has 0 saturated carbocycles. The van der Waals surface area contributed by atoms with Gasteiger partial charge in [0.05, 0.1) is 6.61 Å². The predicted molar refractivity (Wildman–Crippen MR) is 70.0 cm³/mol. The van der Waals surface area contributed by atoms with Crippen LogP contribution >= 0.6 is 0 Å². The van der Waals surface area contributed by atoms with Crippen LogP contribution in [0, 0.1) is 5.41 Å². The SMILES string of the molecule is CCC(CN)(CO)CCCOc1ccccc1. The highest BCUT2D eigenvalue weighted by molar-refractivity contribution is 5.20. The van der Waals surface area contributed by atoms with Crippen molar-refractivity contribution < 1.29 is 9.84 Å². The maximum absolute atomic E-state index is 9.37. The molecule has 1 unspecified atom stereocenters. The number of ether oxygens (including phenoxy) is 1. The summed E-state index contributed by atoms with van der Waals surface area (Å²) in [5.74, 6) is 0.895. The third kappa shape index (κ3) is 4.36. The summed E-state index contributed by atoms with van der Waals surface area (Å²) in [6, 6.07) is 9.78. The highest BCUT2D eigenvalue weighted by Crippen LogP contribution is 2.26. The summed E-state index contributed by atoms with van der Waals surface area (Å²) in [7, 11) is 0. The van der Waals surface area contributed by atoms with E-state index in [1.165, 1.54) is 0 Å². The van der Waals surface area contributed by atoms with Gasteiger partial charge < -0.3 is 15.6 Å². The predicted octanol–water partition coefficient (Wildman–Crippen LogP) is 2.19. The molecule has 0 aliphatic heterocycles. The molecule has 3 heteroatoms. The van der Waals surface area contributed by atoms with Crippen molar-refractivity contribution in [3.05, 3.63) is 30.3 Å². The standard InChI is InChI=1S/C14H23NO2/c1-2-14(11-15,12-16)9-6-10-17-13-7-4-3-5-8-13/h3-5,7-8,16H,2,6,9-12,15H2,1H3. The maximum Gasteiger partial charge on any atom is 0.119 e. The van der Waals surface area contributed by atoms with Gasteiger partial charge in [-0.25, -0.2) is 0 Å². The van der Waals surface area contributed by atoms with Gasteiger partial charge in [-0.05, 0) is 31.4 Å². The van der Waals surface area contributed by atoms with Crippen molar-refractivity contribution in [2.24, 2.45) is 11.1 Å². The van der Waals surface area contributed by atoms with Crippen LogP contribution in [0.4, 0.5) is 0 Å². The molecule has 3 N–H and O–H groups in total. The molecule has 0 aliphatic carbocycles. The molecule has 0 heterocycles. The average molecular weight is 237 g/mol. The molecule has 0 fully saturated rings. The van der Waals surface area contributed by atoms with Crippen molar-refractivity contribution in [2.75, 3.05) is 19.8 Å². The Bertz CT molecular complexity index is 288. The number of nitrogens with two attached hydrogens (primary N) is 1. The lowest BCUT2D eigenvalue weighted by molar-refractivity contribution is 0.109. The lowest BCUT2D eigenvalue weighted by Crippen LogP contribution is -2.34. The van der Waals surface area contributed by atoms with E-state index in [1.54, 1.807) is 0 Å². The molecule has 1 aromatic rings. The molecule has 3 nitrogen and oxygen atoms in total. The minimum atomic E-state index is -0.125. The molecule has 0 aromatic heterocycles. The molecule has 17 heavy (non-hydrogen) atoms. The molecule has 1 aromatic carbocycles. The van der Waals surface area contributed by atoms with Crippen molar-refractivity contribution in [3.8, 4) is 5.75 Å². The molecule has 0 spiro atoms. The Kier molecular flexibility index (Phi) is 6.01. The fourth-order valence-electron chi connectivity index (χ4n) is 1.83. The molecule has 0 radical (unpaired) electrons. The average Bonchev–Trinajstić information content (AvgIpc) is 2.41. The third-order valence-electron chi connectivity index (χ3n) is 3.38. The summed E-state index contributed by atoms with van der Waals surface area (Å²) in [4.78, 5) is 0. The van der Waals surface area contributed by atoms with E-state index < -0.39 is 0 Å². The van der Waals surface area contributed by atoms with Crippen LogP contribution in [-0.2, 0) is 0 Å². The number of para-hydroxylation sites is 1. The van der Waals surface area contributed by atoms with Crippen LogP contribution in [-0.4, -0.2) is 24.9 Å². The van der Waals surface area contributed by atoms with E-state index in [0.717, 1.165) is 25.0 Å². The Morgan fingerprint density at radius 2 is 2.00 bits per heavy atom. The minimum Gasteiger partial charge on any atom is -0.494 e. The fraction of sp³-hybridized carbons (Fsp3) is 0.571. The van der Waals surface area contributed by atoms with E-state index in [0.29, 0.717) is 13.2 Å². The molecule has 0 aliphatic rings. The first-order chi connectivity index (χ1) is 8.26. The summed E-state index contributed by atoms with van der Waals surface area (Å²) >= 11 is 0. The monoisotopic (exact) mass is 237 g/mol. The second-order valence-electron chi connectivity index (χ2n) is 4.48. The summed E-state index contributed by atoms with van der Waals surface area (Å²) < 4.78 is 5.61. The normalized spacial score (nSPS) is 14.3. The Labute approximate surface area is 104 Å². The van der Waals surface area contributed by atoms with E-state index in [-0.39, 0.29) is 12.0 Å². The summed E-state index contributed by atoms with van der Waals surface area (Å²) in [5.41, 5.74) is 5.60. The van der Waals surface area contributed by atoms with Crippen LogP contribution in [0.1, 0.15) is 26.2 Å². The largest absolute Gasteiger partial charge is 0.494 e. The van der Waals surface area contributed by atoms with Crippen LogP contribution in [0.3, 0.4) is 0 Å². The van der Waals surface area contributed by atoms with Crippen LogP contribution in [0.5, 0.6) is 5.75 Å². The molecular weight excluding hydrogens is 214 g/mol. The van der Waals surface area contributed by atoms with Crippen LogP contribution < -0.4 is 10.5 Å². The lowest BCUT2D eigenvalue weighted by Gasteiger charge is -2.28. The first-order valence-electron chi connectivity index (χ1n) is 6.25. The summed E-state index contributed by atoms with van der Waals surface area (Å²) in [6.45, 7) is 3.43. The van der Waals surface area contributed by atoms with E-state index in [2.05, 4.69) is 6.92 Å². The van der Waals surface area contributed by atoms with Crippen molar-refractivity contribution in [2.45, 2.75) is 26.2 Å². The van der Waals surface area contributed by atoms with Crippen LogP contribution in [0.2, 0.25) is 0 Å². The molecule has 0 saturated heterocycles. The van der Waals surface area contributed by atoms with Gasteiger partial charge in [0.15, 0.2) is 0 Å². The van der Waals surface area contributed by atoms with Gasteiger partial charge in [-0.15, -0.1) is 0 Å². The van der Waals surface area contributed by atoms with Crippen molar-refractivity contribution in [1.29, 1.82) is 0 Å². The van der Waals surface area contributed by atoms with Gasteiger partial charge in [-0.1, -0.05) is 25.1 Å².